The van der Waals surface area contributed by atoms with Crippen LogP contribution in [0.2, 0.25) is 0 Å². The number of imidazole rings is 1. The number of benzene rings is 1. The molecule has 0 fully saturated rings. The number of aryl methyl sites for hydroxylation is 1. The number of aromatic amines is 1. The Morgan fingerprint density at radius 1 is 1.47 bits per heavy atom. The van der Waals surface area contributed by atoms with Crippen molar-refractivity contribution in [3.05, 3.63) is 40.3 Å². The maximum atomic E-state index is 10.6. The zero-order chi connectivity index (χ0) is 10.8. The van der Waals surface area contributed by atoms with E-state index in [0.717, 1.165) is 21.4 Å². The lowest BCUT2D eigenvalue weighted by atomic mass is 10.1. The van der Waals surface area contributed by atoms with Gasteiger partial charge in [-0.25, -0.2) is 4.98 Å². The summed E-state index contributed by atoms with van der Waals surface area (Å²) in [5.41, 5.74) is 2.92. The molecule has 0 bridgehead atoms. The molecule has 0 atom stereocenters. The molecule has 0 saturated carbocycles. The molecule has 1 aromatic heterocycles. The van der Waals surface area contributed by atoms with E-state index in [1.807, 2.05) is 31.2 Å². The third-order valence-electron chi connectivity index (χ3n) is 2.08. The summed E-state index contributed by atoms with van der Waals surface area (Å²) >= 11 is 3.34. The van der Waals surface area contributed by atoms with Crippen molar-refractivity contribution in [1.29, 1.82) is 0 Å². The van der Waals surface area contributed by atoms with Crippen LogP contribution in [0.15, 0.2) is 28.9 Å². The molecule has 0 saturated heterocycles. The van der Waals surface area contributed by atoms with E-state index in [2.05, 4.69) is 25.9 Å². The van der Waals surface area contributed by atoms with Crippen molar-refractivity contribution in [3.8, 4) is 11.3 Å². The molecule has 1 heterocycles. The Morgan fingerprint density at radius 3 is 2.87 bits per heavy atom. The highest BCUT2D eigenvalue weighted by molar-refractivity contribution is 9.10. The largest absolute Gasteiger partial charge is 0.330 e. The SMILES string of the molecule is Cc1cccc(-c2nc(C=O)[nH]c2Br)c1. The van der Waals surface area contributed by atoms with E-state index >= 15 is 0 Å². The van der Waals surface area contributed by atoms with E-state index < -0.39 is 0 Å². The second kappa shape index (κ2) is 3.98. The molecule has 0 aliphatic rings. The lowest BCUT2D eigenvalue weighted by molar-refractivity contribution is 0.111. The number of H-pyrrole nitrogens is 1. The van der Waals surface area contributed by atoms with Gasteiger partial charge in [0.05, 0.1) is 0 Å². The van der Waals surface area contributed by atoms with Crippen LogP contribution in [0.1, 0.15) is 16.2 Å². The van der Waals surface area contributed by atoms with Gasteiger partial charge < -0.3 is 4.98 Å². The van der Waals surface area contributed by atoms with E-state index in [4.69, 9.17) is 0 Å². The molecule has 0 radical (unpaired) electrons. The van der Waals surface area contributed by atoms with Crippen LogP contribution in [-0.4, -0.2) is 16.3 Å². The van der Waals surface area contributed by atoms with Crippen molar-refractivity contribution < 1.29 is 4.79 Å². The summed E-state index contributed by atoms with van der Waals surface area (Å²) in [4.78, 5) is 17.6. The first-order valence-corrected chi connectivity index (χ1v) is 5.27. The number of nitrogens with one attached hydrogen (secondary N) is 1. The van der Waals surface area contributed by atoms with Crippen LogP contribution < -0.4 is 0 Å². The second-order valence-corrected chi connectivity index (χ2v) is 4.06. The number of aromatic nitrogens is 2. The Bertz CT molecular complexity index is 505. The summed E-state index contributed by atoms with van der Waals surface area (Å²) < 4.78 is 0.732. The second-order valence-electron chi connectivity index (χ2n) is 3.27. The minimum atomic E-state index is 0.332. The van der Waals surface area contributed by atoms with Crippen LogP contribution in [0.3, 0.4) is 0 Å². The molecule has 0 aliphatic carbocycles. The van der Waals surface area contributed by atoms with Gasteiger partial charge in [0.1, 0.15) is 10.3 Å². The first-order chi connectivity index (χ1) is 7.20. The Kier molecular flexibility index (Phi) is 2.68. The van der Waals surface area contributed by atoms with E-state index in [1.54, 1.807) is 0 Å². The molecule has 76 valence electrons. The van der Waals surface area contributed by atoms with E-state index in [-0.39, 0.29) is 0 Å². The Morgan fingerprint density at radius 2 is 2.27 bits per heavy atom. The molecule has 4 heteroatoms. The fourth-order valence-electron chi connectivity index (χ4n) is 1.41. The number of hydrogen-bond acceptors (Lipinski definition) is 2. The van der Waals surface area contributed by atoms with Crippen LogP contribution >= 0.6 is 15.9 Å². The first kappa shape index (κ1) is 10.1. The molecule has 3 nitrogen and oxygen atoms in total. The maximum Gasteiger partial charge on any atom is 0.185 e. The number of rotatable bonds is 2. The quantitative estimate of drug-likeness (QED) is 0.848. The summed E-state index contributed by atoms with van der Waals surface area (Å²) in [7, 11) is 0. The molecule has 0 amide bonds. The summed E-state index contributed by atoms with van der Waals surface area (Å²) in [5, 5.41) is 0. The highest BCUT2D eigenvalue weighted by Crippen LogP contribution is 2.25. The normalized spacial score (nSPS) is 10.3. The van der Waals surface area contributed by atoms with Crippen LogP contribution in [-0.2, 0) is 0 Å². The molecular weight excluding hydrogens is 256 g/mol. The average Bonchev–Trinajstić information content (AvgIpc) is 2.60. The van der Waals surface area contributed by atoms with Gasteiger partial charge in [-0.2, -0.15) is 0 Å². The zero-order valence-corrected chi connectivity index (χ0v) is 9.71. The van der Waals surface area contributed by atoms with Gasteiger partial charge in [-0.1, -0.05) is 23.8 Å². The number of hydrogen-bond donors (Lipinski definition) is 1. The van der Waals surface area contributed by atoms with E-state index in [9.17, 15) is 4.79 Å². The van der Waals surface area contributed by atoms with E-state index in [1.165, 1.54) is 0 Å². The topological polar surface area (TPSA) is 45.8 Å². The van der Waals surface area contributed by atoms with Gasteiger partial charge in [-0.05, 0) is 28.9 Å². The minimum absolute atomic E-state index is 0.332. The monoisotopic (exact) mass is 264 g/mol. The van der Waals surface area contributed by atoms with Crippen LogP contribution in [0.25, 0.3) is 11.3 Å². The zero-order valence-electron chi connectivity index (χ0n) is 8.12. The fraction of sp³-hybridized carbons (Fsp3) is 0.0909. The predicted octanol–water partition coefficient (Wildman–Crippen LogP) is 2.96. The molecule has 0 aliphatic heterocycles. The Balaban J connectivity index is 2.53. The number of carbonyl (C=O) groups excluding carboxylic acids is 1. The lowest BCUT2D eigenvalue weighted by Crippen LogP contribution is -1.82. The van der Waals surface area contributed by atoms with Gasteiger partial charge in [0.25, 0.3) is 0 Å². The fourth-order valence-corrected chi connectivity index (χ4v) is 1.93. The summed E-state index contributed by atoms with van der Waals surface area (Å²) in [6.07, 6.45) is 0.698. The average molecular weight is 265 g/mol. The molecule has 1 aromatic carbocycles. The van der Waals surface area contributed by atoms with Crippen molar-refractivity contribution in [2.75, 3.05) is 0 Å². The number of aldehydes is 1. The summed E-state index contributed by atoms with van der Waals surface area (Å²) in [6.45, 7) is 2.02. The molecule has 2 aromatic rings. The number of nitrogens with zero attached hydrogens (tertiary/aromatic N) is 1. The van der Waals surface area contributed by atoms with Crippen molar-refractivity contribution >= 4 is 22.2 Å². The van der Waals surface area contributed by atoms with Gasteiger partial charge in [-0.3, -0.25) is 4.79 Å². The predicted molar refractivity (Wildman–Crippen MR) is 61.8 cm³/mol. The lowest BCUT2D eigenvalue weighted by Gasteiger charge is -1.98. The van der Waals surface area contributed by atoms with Gasteiger partial charge >= 0.3 is 0 Å². The van der Waals surface area contributed by atoms with E-state index in [0.29, 0.717) is 12.1 Å². The van der Waals surface area contributed by atoms with Gasteiger partial charge in [0, 0.05) is 5.56 Å². The smallest absolute Gasteiger partial charge is 0.185 e. The number of halogens is 1. The minimum Gasteiger partial charge on any atom is -0.330 e. The van der Waals surface area contributed by atoms with Crippen LogP contribution in [0.5, 0.6) is 0 Å². The Labute approximate surface area is 95.7 Å². The standard InChI is InChI=1S/C11H9BrN2O/c1-7-3-2-4-8(5-7)10-11(12)14-9(6-15)13-10/h2-6H,1H3,(H,13,14). The van der Waals surface area contributed by atoms with Gasteiger partial charge in [0.2, 0.25) is 0 Å². The molecule has 1 N–H and O–H groups in total. The van der Waals surface area contributed by atoms with Gasteiger partial charge in [-0.15, -0.1) is 0 Å². The highest BCUT2D eigenvalue weighted by atomic mass is 79.9. The summed E-state index contributed by atoms with van der Waals surface area (Å²) in [5.74, 6) is 0.332. The van der Waals surface area contributed by atoms with Crippen molar-refractivity contribution in [2.24, 2.45) is 0 Å². The van der Waals surface area contributed by atoms with Crippen LogP contribution in [0.4, 0.5) is 0 Å². The molecule has 0 spiro atoms. The Hall–Kier alpha value is -1.42. The third kappa shape index (κ3) is 1.99. The third-order valence-corrected chi connectivity index (χ3v) is 2.65. The van der Waals surface area contributed by atoms with Crippen molar-refractivity contribution in [3.63, 3.8) is 0 Å². The first-order valence-electron chi connectivity index (χ1n) is 4.48. The molecule has 2 rings (SSSR count). The summed E-state index contributed by atoms with van der Waals surface area (Å²) in [6, 6.07) is 7.97. The molecule has 0 unspecified atom stereocenters. The maximum absolute atomic E-state index is 10.6. The molecule has 15 heavy (non-hydrogen) atoms. The van der Waals surface area contributed by atoms with Gasteiger partial charge in [0.15, 0.2) is 12.1 Å². The molecular formula is C11H9BrN2O. The highest BCUT2D eigenvalue weighted by Gasteiger charge is 2.09. The number of carbonyl (C=O) groups is 1. The van der Waals surface area contributed by atoms with Crippen molar-refractivity contribution in [1.82, 2.24) is 9.97 Å². The van der Waals surface area contributed by atoms with Crippen LogP contribution in [0, 0.1) is 6.92 Å². The van der Waals surface area contributed by atoms with Crippen molar-refractivity contribution in [2.45, 2.75) is 6.92 Å².